The van der Waals surface area contributed by atoms with Crippen molar-refractivity contribution < 1.29 is 50.5 Å². The standard InChI is InChI=1S/C16H14F6O5/c1-2-25-4-3-8-5-10(27-16(20,21)22)6-9-7-11(14(23)24)13(15(17,18)19)26-12(8)9/h5-7,13H,2-4H2,1H3,(H,23,24). The smallest absolute Gasteiger partial charge is 0.478 e. The number of carboxylic acids is 1. The van der Waals surface area contributed by atoms with Crippen molar-refractivity contribution in [2.24, 2.45) is 0 Å². The second-order valence-electron chi connectivity index (χ2n) is 5.44. The number of hydrogen-bond donors (Lipinski definition) is 1. The van der Waals surface area contributed by atoms with E-state index < -0.39 is 35.9 Å². The predicted molar refractivity (Wildman–Crippen MR) is 79.4 cm³/mol. The normalized spacial score (nSPS) is 17.0. The Morgan fingerprint density at radius 1 is 1.22 bits per heavy atom. The maximum atomic E-state index is 13.2. The highest BCUT2D eigenvalue weighted by Gasteiger charge is 2.49. The van der Waals surface area contributed by atoms with Crippen LogP contribution in [0.3, 0.4) is 0 Å². The van der Waals surface area contributed by atoms with Gasteiger partial charge in [-0.2, -0.15) is 13.2 Å². The van der Waals surface area contributed by atoms with E-state index in [4.69, 9.17) is 14.6 Å². The van der Waals surface area contributed by atoms with E-state index >= 15 is 0 Å². The molecule has 0 fully saturated rings. The fourth-order valence-electron chi connectivity index (χ4n) is 2.48. The maximum absolute atomic E-state index is 13.2. The van der Waals surface area contributed by atoms with Crippen LogP contribution in [-0.4, -0.2) is 42.9 Å². The van der Waals surface area contributed by atoms with Gasteiger partial charge in [0.2, 0.25) is 6.10 Å². The molecule has 1 aromatic rings. The lowest BCUT2D eigenvalue weighted by atomic mass is 9.97. The molecule has 0 amide bonds. The Hall–Kier alpha value is -2.43. The van der Waals surface area contributed by atoms with Gasteiger partial charge in [0.25, 0.3) is 0 Å². The third-order valence-corrected chi connectivity index (χ3v) is 3.49. The molecule has 0 aliphatic carbocycles. The number of ether oxygens (including phenoxy) is 3. The quantitative estimate of drug-likeness (QED) is 0.579. The molecule has 1 unspecified atom stereocenters. The molecule has 5 nitrogen and oxygen atoms in total. The summed E-state index contributed by atoms with van der Waals surface area (Å²) in [5.74, 6) is -2.97. The molecule has 0 radical (unpaired) electrons. The molecule has 1 heterocycles. The summed E-state index contributed by atoms with van der Waals surface area (Å²) in [4.78, 5) is 11.2. The van der Waals surface area contributed by atoms with Crippen molar-refractivity contribution in [2.45, 2.75) is 32.0 Å². The summed E-state index contributed by atoms with van der Waals surface area (Å²) in [7, 11) is 0. The number of hydrogen-bond acceptors (Lipinski definition) is 4. The van der Waals surface area contributed by atoms with Gasteiger partial charge in [-0.25, -0.2) is 4.79 Å². The first kappa shape index (κ1) is 20.9. The third kappa shape index (κ3) is 5.28. The van der Waals surface area contributed by atoms with Crippen LogP contribution in [0.2, 0.25) is 0 Å². The largest absolute Gasteiger partial charge is 0.573 e. The molecule has 1 aromatic carbocycles. The third-order valence-electron chi connectivity index (χ3n) is 3.49. The second kappa shape index (κ2) is 7.67. The zero-order valence-corrected chi connectivity index (χ0v) is 13.8. The fraction of sp³-hybridized carbons (Fsp3) is 0.438. The summed E-state index contributed by atoms with van der Waals surface area (Å²) in [6.07, 6.45) is -12.2. The number of halogens is 6. The van der Waals surface area contributed by atoms with E-state index in [0.717, 1.165) is 12.1 Å². The van der Waals surface area contributed by atoms with Crippen molar-refractivity contribution in [3.63, 3.8) is 0 Å². The first-order chi connectivity index (χ1) is 12.4. The van der Waals surface area contributed by atoms with Crippen LogP contribution in [-0.2, 0) is 16.0 Å². The number of benzene rings is 1. The van der Waals surface area contributed by atoms with Crippen LogP contribution in [0.1, 0.15) is 18.1 Å². The van der Waals surface area contributed by atoms with Gasteiger partial charge in [-0.3, -0.25) is 0 Å². The van der Waals surface area contributed by atoms with Gasteiger partial charge in [0.05, 0.1) is 12.2 Å². The summed E-state index contributed by atoms with van der Waals surface area (Å²) >= 11 is 0. The predicted octanol–water partition coefficient (Wildman–Crippen LogP) is 3.96. The van der Waals surface area contributed by atoms with Gasteiger partial charge < -0.3 is 19.3 Å². The lowest BCUT2D eigenvalue weighted by Crippen LogP contribution is -2.40. The molecule has 1 aliphatic rings. The lowest BCUT2D eigenvalue weighted by Gasteiger charge is -2.29. The van der Waals surface area contributed by atoms with E-state index in [9.17, 15) is 31.1 Å². The number of carboxylic acid groups (broad SMARTS) is 1. The van der Waals surface area contributed by atoms with E-state index in [-0.39, 0.29) is 36.5 Å². The van der Waals surface area contributed by atoms with Gasteiger partial charge in [0.15, 0.2) is 0 Å². The molecule has 150 valence electrons. The van der Waals surface area contributed by atoms with Gasteiger partial charge in [-0.05, 0) is 31.6 Å². The van der Waals surface area contributed by atoms with Gasteiger partial charge in [0, 0.05) is 17.7 Å². The van der Waals surface area contributed by atoms with Crippen molar-refractivity contribution >= 4 is 12.0 Å². The van der Waals surface area contributed by atoms with E-state index in [1.807, 2.05) is 0 Å². The highest BCUT2D eigenvalue weighted by molar-refractivity contribution is 5.95. The Labute approximate surface area is 149 Å². The number of aliphatic carboxylic acids is 1. The zero-order chi connectivity index (χ0) is 20.4. The van der Waals surface area contributed by atoms with Crippen molar-refractivity contribution in [3.05, 3.63) is 28.8 Å². The molecule has 0 saturated carbocycles. The molecule has 1 N–H and O–H groups in total. The summed E-state index contributed by atoms with van der Waals surface area (Å²) < 4.78 is 90.7. The number of fused-ring (bicyclic) bond motifs is 1. The minimum absolute atomic E-state index is 0.00789. The molecule has 0 aromatic heterocycles. The number of rotatable bonds is 6. The minimum atomic E-state index is -5.03. The summed E-state index contributed by atoms with van der Waals surface area (Å²) in [5.41, 5.74) is -1.44. The number of alkyl halides is 6. The van der Waals surface area contributed by atoms with Crippen molar-refractivity contribution in [1.29, 1.82) is 0 Å². The Bertz CT molecular complexity index is 738. The average Bonchev–Trinajstić information content (AvgIpc) is 2.51. The van der Waals surface area contributed by atoms with Gasteiger partial charge in [-0.15, -0.1) is 13.2 Å². The Balaban J connectivity index is 2.55. The molecule has 1 atom stereocenters. The van der Waals surface area contributed by atoms with Crippen molar-refractivity contribution in [2.75, 3.05) is 13.2 Å². The molecule has 11 heteroatoms. The van der Waals surface area contributed by atoms with Gasteiger partial charge >= 0.3 is 18.5 Å². The maximum Gasteiger partial charge on any atom is 0.573 e. The molecule has 2 rings (SSSR count). The Morgan fingerprint density at radius 3 is 2.41 bits per heavy atom. The van der Waals surface area contributed by atoms with Crippen LogP contribution in [0, 0.1) is 0 Å². The lowest BCUT2D eigenvalue weighted by molar-refractivity contribution is -0.274. The molecule has 0 saturated heterocycles. The van der Waals surface area contributed by atoms with Crippen LogP contribution in [0.15, 0.2) is 17.7 Å². The van der Waals surface area contributed by atoms with Crippen LogP contribution < -0.4 is 9.47 Å². The molecule has 27 heavy (non-hydrogen) atoms. The fourth-order valence-corrected chi connectivity index (χ4v) is 2.48. The first-order valence-electron chi connectivity index (χ1n) is 7.61. The molecular formula is C16H14F6O5. The number of carbonyl (C=O) groups is 1. The summed E-state index contributed by atoms with van der Waals surface area (Å²) in [5, 5.41) is 9.02. The van der Waals surface area contributed by atoms with E-state index in [0.29, 0.717) is 6.08 Å². The van der Waals surface area contributed by atoms with Crippen LogP contribution >= 0.6 is 0 Å². The summed E-state index contributed by atoms with van der Waals surface area (Å²) in [6.45, 7) is 1.96. The van der Waals surface area contributed by atoms with Crippen LogP contribution in [0.5, 0.6) is 11.5 Å². The summed E-state index contributed by atoms with van der Waals surface area (Å²) in [6, 6.07) is 1.65. The topological polar surface area (TPSA) is 65.0 Å². The Morgan fingerprint density at radius 2 is 1.89 bits per heavy atom. The van der Waals surface area contributed by atoms with E-state index in [2.05, 4.69) is 4.74 Å². The Kier molecular flexibility index (Phi) is 5.93. The highest BCUT2D eigenvalue weighted by atomic mass is 19.4. The second-order valence-corrected chi connectivity index (χ2v) is 5.44. The minimum Gasteiger partial charge on any atom is -0.478 e. The molecular weight excluding hydrogens is 386 g/mol. The molecule has 1 aliphatic heterocycles. The molecule has 0 bridgehead atoms. The highest BCUT2D eigenvalue weighted by Crippen LogP contribution is 2.41. The van der Waals surface area contributed by atoms with Crippen molar-refractivity contribution in [1.82, 2.24) is 0 Å². The van der Waals surface area contributed by atoms with Crippen LogP contribution in [0.4, 0.5) is 26.3 Å². The molecule has 0 spiro atoms. The zero-order valence-electron chi connectivity index (χ0n) is 13.8. The van der Waals surface area contributed by atoms with E-state index in [1.165, 1.54) is 0 Å². The van der Waals surface area contributed by atoms with Crippen LogP contribution in [0.25, 0.3) is 6.08 Å². The van der Waals surface area contributed by atoms with Gasteiger partial charge in [0.1, 0.15) is 11.5 Å². The SMILES string of the molecule is CCOCCc1cc(OC(F)(F)F)cc2c1OC(C(F)(F)F)C(C(=O)O)=C2. The van der Waals surface area contributed by atoms with E-state index in [1.54, 1.807) is 6.92 Å². The van der Waals surface area contributed by atoms with Crippen molar-refractivity contribution in [3.8, 4) is 11.5 Å². The average molecular weight is 400 g/mol. The monoisotopic (exact) mass is 400 g/mol. The van der Waals surface area contributed by atoms with Gasteiger partial charge in [-0.1, -0.05) is 0 Å². The first-order valence-corrected chi connectivity index (χ1v) is 7.61.